The fourth-order valence-electron chi connectivity index (χ4n) is 3.47. The highest BCUT2D eigenvalue weighted by Crippen LogP contribution is 2.25. The molecule has 152 valence electrons. The first-order valence-electron chi connectivity index (χ1n) is 9.67. The summed E-state index contributed by atoms with van der Waals surface area (Å²) in [6.45, 7) is 0.773. The molecule has 0 aliphatic heterocycles. The summed E-state index contributed by atoms with van der Waals surface area (Å²) in [5, 5.41) is 1.18. The summed E-state index contributed by atoms with van der Waals surface area (Å²) in [5.74, 6) is 0.812. The summed E-state index contributed by atoms with van der Waals surface area (Å²) >= 11 is 12.4. The molecule has 0 bridgehead atoms. The van der Waals surface area contributed by atoms with E-state index in [1.54, 1.807) is 11.0 Å². The highest BCUT2D eigenvalue weighted by Gasteiger charge is 2.17. The summed E-state index contributed by atoms with van der Waals surface area (Å²) in [5.41, 5.74) is 3.80. The lowest BCUT2D eigenvalue weighted by Gasteiger charge is -2.19. The van der Waals surface area contributed by atoms with Crippen molar-refractivity contribution in [3.05, 3.63) is 99.8 Å². The lowest BCUT2D eigenvalue weighted by atomic mass is 10.1. The number of imidazole rings is 1. The van der Waals surface area contributed by atoms with Gasteiger partial charge in [-0.15, -0.1) is 0 Å². The molecule has 0 spiro atoms. The number of nitrogens with zero attached hydrogens (tertiary/aromatic N) is 3. The second kappa shape index (κ2) is 8.90. The molecule has 0 saturated carbocycles. The van der Waals surface area contributed by atoms with Crippen LogP contribution < -0.4 is 0 Å². The fourth-order valence-corrected chi connectivity index (χ4v) is 3.95. The third-order valence-electron chi connectivity index (χ3n) is 5.08. The summed E-state index contributed by atoms with van der Waals surface area (Å²) in [7, 11) is 1.82. The number of hydrogen-bond acceptors (Lipinski definition) is 2. The minimum atomic E-state index is 0.0189. The number of likely N-dealkylation sites (N-methyl/N-ethyl adjacent to an activating group) is 1. The van der Waals surface area contributed by atoms with E-state index in [2.05, 4.69) is 0 Å². The van der Waals surface area contributed by atoms with Crippen LogP contribution in [-0.4, -0.2) is 27.4 Å². The maximum absolute atomic E-state index is 13.0. The van der Waals surface area contributed by atoms with Crippen molar-refractivity contribution in [1.82, 2.24) is 14.5 Å². The lowest BCUT2D eigenvalue weighted by molar-refractivity contribution is -0.131. The molecular formula is C24H21Cl2N3O. The average Bonchev–Trinajstić information content (AvgIpc) is 3.08. The van der Waals surface area contributed by atoms with E-state index in [0.717, 1.165) is 28.0 Å². The Labute approximate surface area is 185 Å². The van der Waals surface area contributed by atoms with Crippen LogP contribution in [0, 0.1) is 0 Å². The van der Waals surface area contributed by atoms with Crippen LogP contribution in [0.4, 0.5) is 0 Å². The maximum Gasteiger partial charge on any atom is 0.242 e. The first-order chi connectivity index (χ1) is 14.5. The van der Waals surface area contributed by atoms with E-state index >= 15 is 0 Å². The summed E-state index contributed by atoms with van der Waals surface area (Å²) < 4.78 is 1.98. The Bertz CT molecular complexity index is 1190. The Morgan fingerprint density at radius 2 is 1.73 bits per heavy atom. The summed E-state index contributed by atoms with van der Waals surface area (Å²) in [6.07, 6.45) is 0.514. The number of hydrogen-bond donors (Lipinski definition) is 0. The van der Waals surface area contributed by atoms with Gasteiger partial charge in [0, 0.05) is 30.1 Å². The van der Waals surface area contributed by atoms with Crippen molar-refractivity contribution in [3.63, 3.8) is 0 Å². The maximum atomic E-state index is 13.0. The van der Waals surface area contributed by atoms with Gasteiger partial charge in [-0.25, -0.2) is 4.98 Å². The molecule has 1 heterocycles. The molecule has 4 aromatic rings. The predicted octanol–water partition coefficient (Wildman–Crippen LogP) is 5.59. The minimum Gasteiger partial charge on any atom is -0.340 e. The number of benzene rings is 3. The van der Waals surface area contributed by atoms with Gasteiger partial charge < -0.3 is 9.47 Å². The van der Waals surface area contributed by atoms with Gasteiger partial charge in [0.2, 0.25) is 5.91 Å². The van der Waals surface area contributed by atoms with Gasteiger partial charge in [0.15, 0.2) is 0 Å². The van der Waals surface area contributed by atoms with E-state index in [9.17, 15) is 4.79 Å². The molecule has 30 heavy (non-hydrogen) atoms. The standard InChI is InChI=1S/C24H21Cl2N3O/c1-28(15-17-7-3-2-4-8-17)24(30)16-29-22-10-6-5-9-21(22)27-23(29)13-18-11-12-19(25)14-20(18)26/h2-12,14H,13,15-16H2,1H3. The van der Waals surface area contributed by atoms with Crippen LogP contribution in [0.1, 0.15) is 17.0 Å². The number of rotatable bonds is 6. The van der Waals surface area contributed by atoms with Crippen molar-refractivity contribution in [2.24, 2.45) is 0 Å². The van der Waals surface area contributed by atoms with Crippen molar-refractivity contribution in [3.8, 4) is 0 Å². The molecule has 0 atom stereocenters. The van der Waals surface area contributed by atoms with E-state index in [1.807, 2.05) is 78.3 Å². The molecule has 0 unspecified atom stereocenters. The molecule has 1 amide bonds. The SMILES string of the molecule is CN(Cc1ccccc1)C(=O)Cn1c(Cc2ccc(Cl)cc2Cl)nc2ccccc21. The zero-order valence-corrected chi connectivity index (χ0v) is 18.1. The molecule has 0 fully saturated rings. The van der Waals surface area contributed by atoms with Crippen LogP contribution in [0.15, 0.2) is 72.8 Å². The highest BCUT2D eigenvalue weighted by atomic mass is 35.5. The van der Waals surface area contributed by atoms with E-state index in [0.29, 0.717) is 23.0 Å². The Balaban J connectivity index is 1.62. The van der Waals surface area contributed by atoms with Crippen LogP contribution >= 0.6 is 23.2 Å². The Hall–Kier alpha value is -2.82. The van der Waals surface area contributed by atoms with Gasteiger partial charge in [-0.05, 0) is 35.4 Å². The highest BCUT2D eigenvalue weighted by molar-refractivity contribution is 6.35. The van der Waals surface area contributed by atoms with E-state index in [4.69, 9.17) is 28.2 Å². The van der Waals surface area contributed by atoms with E-state index in [1.165, 1.54) is 0 Å². The van der Waals surface area contributed by atoms with Crippen molar-refractivity contribution >= 4 is 40.1 Å². The van der Waals surface area contributed by atoms with Gasteiger partial charge >= 0.3 is 0 Å². The Morgan fingerprint density at radius 1 is 1.00 bits per heavy atom. The predicted molar refractivity (Wildman–Crippen MR) is 122 cm³/mol. The largest absolute Gasteiger partial charge is 0.340 e. The molecular weight excluding hydrogens is 417 g/mol. The summed E-state index contributed by atoms with van der Waals surface area (Å²) in [4.78, 5) is 19.5. The number of amides is 1. The lowest BCUT2D eigenvalue weighted by Crippen LogP contribution is -2.30. The number of halogens is 2. The third kappa shape index (κ3) is 4.50. The van der Waals surface area contributed by atoms with Crippen molar-refractivity contribution in [2.45, 2.75) is 19.5 Å². The second-order valence-electron chi connectivity index (χ2n) is 7.25. The number of carbonyl (C=O) groups excluding carboxylic acids is 1. The first-order valence-corrected chi connectivity index (χ1v) is 10.4. The topological polar surface area (TPSA) is 38.1 Å². The fraction of sp³-hybridized carbons (Fsp3) is 0.167. The van der Waals surface area contributed by atoms with Crippen LogP contribution in [0.2, 0.25) is 10.0 Å². The van der Waals surface area contributed by atoms with E-state index < -0.39 is 0 Å². The van der Waals surface area contributed by atoms with Gasteiger partial charge in [-0.1, -0.05) is 71.7 Å². The quantitative estimate of drug-likeness (QED) is 0.394. The summed E-state index contributed by atoms with van der Waals surface area (Å²) in [6, 6.07) is 23.2. The molecule has 3 aromatic carbocycles. The van der Waals surface area contributed by atoms with Crippen LogP contribution in [0.25, 0.3) is 11.0 Å². The molecule has 0 aliphatic carbocycles. The number of carbonyl (C=O) groups is 1. The molecule has 0 radical (unpaired) electrons. The second-order valence-corrected chi connectivity index (χ2v) is 8.09. The van der Waals surface area contributed by atoms with Gasteiger partial charge in [0.1, 0.15) is 12.4 Å². The smallest absolute Gasteiger partial charge is 0.242 e. The molecule has 4 nitrogen and oxygen atoms in total. The monoisotopic (exact) mass is 437 g/mol. The number of fused-ring (bicyclic) bond motifs is 1. The Morgan fingerprint density at radius 3 is 2.50 bits per heavy atom. The molecule has 1 aromatic heterocycles. The zero-order valence-electron chi connectivity index (χ0n) is 16.6. The van der Waals surface area contributed by atoms with Crippen LogP contribution in [-0.2, 0) is 24.3 Å². The van der Waals surface area contributed by atoms with Crippen molar-refractivity contribution < 1.29 is 4.79 Å². The first kappa shape index (κ1) is 20.5. The number of para-hydroxylation sites is 2. The van der Waals surface area contributed by atoms with Crippen LogP contribution in [0.5, 0.6) is 0 Å². The van der Waals surface area contributed by atoms with Gasteiger partial charge in [-0.2, -0.15) is 0 Å². The normalized spacial score (nSPS) is 11.0. The van der Waals surface area contributed by atoms with Crippen molar-refractivity contribution in [2.75, 3.05) is 7.05 Å². The van der Waals surface area contributed by atoms with E-state index in [-0.39, 0.29) is 12.5 Å². The Kier molecular flexibility index (Phi) is 6.07. The molecule has 0 aliphatic rings. The van der Waals surface area contributed by atoms with Gasteiger partial charge in [0.25, 0.3) is 0 Å². The van der Waals surface area contributed by atoms with Crippen molar-refractivity contribution in [1.29, 1.82) is 0 Å². The third-order valence-corrected chi connectivity index (χ3v) is 5.67. The minimum absolute atomic E-state index is 0.0189. The molecule has 0 saturated heterocycles. The molecule has 6 heteroatoms. The number of aromatic nitrogens is 2. The van der Waals surface area contributed by atoms with Gasteiger partial charge in [0.05, 0.1) is 11.0 Å². The van der Waals surface area contributed by atoms with Crippen LogP contribution in [0.3, 0.4) is 0 Å². The molecule has 0 N–H and O–H groups in total. The molecule has 4 rings (SSSR count). The van der Waals surface area contributed by atoms with Gasteiger partial charge in [-0.3, -0.25) is 4.79 Å². The zero-order chi connectivity index (χ0) is 21.1. The average molecular weight is 438 g/mol.